The Morgan fingerprint density at radius 3 is 1.75 bits per heavy atom. The van der Waals surface area contributed by atoms with Crippen LogP contribution >= 0.6 is 0 Å². The van der Waals surface area contributed by atoms with Crippen molar-refractivity contribution in [1.82, 2.24) is 8.88 Å². The van der Waals surface area contributed by atoms with Gasteiger partial charge in [0.1, 0.15) is 0 Å². The van der Waals surface area contributed by atoms with E-state index in [9.17, 15) is 0 Å². The maximum Gasteiger partial charge on any atom is 0.293 e. The number of benzene rings is 8. The van der Waals surface area contributed by atoms with Crippen molar-refractivity contribution in [2.75, 3.05) is 0 Å². The second kappa shape index (κ2) is 12.1. The smallest absolute Gasteiger partial charge is 0.293 e. The van der Waals surface area contributed by atoms with Crippen LogP contribution < -0.4 is 5.46 Å². The molecule has 1 aliphatic heterocycles. The van der Waals surface area contributed by atoms with Crippen LogP contribution in [0.5, 0.6) is 0 Å². The lowest BCUT2D eigenvalue weighted by Crippen LogP contribution is -2.33. The van der Waals surface area contributed by atoms with Gasteiger partial charge in [0, 0.05) is 54.3 Å². The standard InChI is InChI=1S/C60H50BN2/c1-33-26-36(34-18-12-10-13-19-34)27-42-43-28-37(35-20-14-11-15-21-35)29-45-50-49-40-22-16-17-23-47(40)60(8,9)52(49)51-46-32-39(59(5,6)7)31-44-41-30-38(58(2,3)4)24-25-48(41)63(56(44)46)61-53(51)57(50)62(54(33)42)55(43)45/h10-32H,1-9H3. The summed E-state index contributed by atoms with van der Waals surface area (Å²) in [7, 11) is 2.54. The van der Waals surface area contributed by atoms with Crippen LogP contribution in [0.25, 0.3) is 104 Å². The van der Waals surface area contributed by atoms with Crippen LogP contribution in [0.15, 0.2) is 140 Å². The van der Waals surface area contributed by atoms with Crippen molar-refractivity contribution in [2.24, 2.45) is 0 Å². The Bertz CT molecular complexity index is 3790. The molecular weight excluding hydrogens is 759 g/mol. The summed E-state index contributed by atoms with van der Waals surface area (Å²) in [5.41, 5.74) is 24.9. The van der Waals surface area contributed by atoms with Crippen LogP contribution in [0, 0.1) is 6.92 Å². The quantitative estimate of drug-likeness (QED) is 0.154. The van der Waals surface area contributed by atoms with E-state index < -0.39 is 0 Å². The Balaban J connectivity index is 1.29. The summed E-state index contributed by atoms with van der Waals surface area (Å²) in [6.45, 7) is 21.4. The predicted octanol–water partition coefficient (Wildman–Crippen LogP) is 15.3. The molecule has 4 heterocycles. The van der Waals surface area contributed by atoms with Gasteiger partial charge in [-0.3, -0.25) is 0 Å². The Hall–Kier alpha value is -6.58. The number of fused-ring (bicyclic) bond motifs is 17. The number of hydrogen-bond donors (Lipinski definition) is 0. The Morgan fingerprint density at radius 1 is 0.476 bits per heavy atom. The van der Waals surface area contributed by atoms with E-state index in [0.29, 0.717) is 0 Å². The van der Waals surface area contributed by atoms with Gasteiger partial charge in [-0.15, -0.1) is 0 Å². The number of aryl methyl sites for hydroxylation is 1. The van der Waals surface area contributed by atoms with Gasteiger partial charge >= 0.3 is 0 Å². The van der Waals surface area contributed by atoms with E-state index in [-0.39, 0.29) is 16.2 Å². The summed E-state index contributed by atoms with van der Waals surface area (Å²) < 4.78 is 5.25. The third-order valence-corrected chi connectivity index (χ3v) is 15.0. The third-order valence-electron chi connectivity index (χ3n) is 15.0. The van der Waals surface area contributed by atoms with Crippen molar-refractivity contribution in [3.63, 3.8) is 0 Å². The molecule has 0 amide bonds. The van der Waals surface area contributed by atoms with Crippen LogP contribution in [-0.4, -0.2) is 16.3 Å². The molecule has 0 spiro atoms. The molecule has 8 aromatic carbocycles. The molecule has 2 aliphatic rings. The first-order valence-electron chi connectivity index (χ1n) is 22.8. The zero-order valence-electron chi connectivity index (χ0n) is 37.8. The minimum Gasteiger partial charge on any atom is -0.384 e. The zero-order valence-corrected chi connectivity index (χ0v) is 37.8. The highest BCUT2D eigenvalue weighted by atomic mass is 14.9. The molecule has 1 aliphatic carbocycles. The summed E-state index contributed by atoms with van der Waals surface area (Å²) in [5.74, 6) is 0. The Kier molecular flexibility index (Phi) is 7.12. The summed E-state index contributed by atoms with van der Waals surface area (Å²) in [6.07, 6.45) is 0. The van der Waals surface area contributed by atoms with Gasteiger partial charge in [-0.25, -0.2) is 0 Å². The van der Waals surface area contributed by atoms with E-state index in [1.54, 1.807) is 0 Å². The van der Waals surface area contributed by atoms with Gasteiger partial charge < -0.3 is 8.88 Å². The minimum atomic E-state index is -0.244. The summed E-state index contributed by atoms with van der Waals surface area (Å²) in [4.78, 5) is 0. The lowest BCUT2D eigenvalue weighted by atomic mass is 9.66. The summed E-state index contributed by atoms with van der Waals surface area (Å²) in [5, 5.41) is 7.97. The normalized spacial score (nSPS) is 14.4. The topological polar surface area (TPSA) is 9.34 Å². The average molecular weight is 810 g/mol. The van der Waals surface area contributed by atoms with Crippen molar-refractivity contribution in [3.05, 3.63) is 167 Å². The molecule has 3 heteroatoms. The van der Waals surface area contributed by atoms with Crippen LogP contribution in [-0.2, 0) is 16.2 Å². The molecule has 0 unspecified atom stereocenters. The van der Waals surface area contributed by atoms with E-state index in [2.05, 4.69) is 218 Å². The number of aromatic nitrogens is 2. The third kappa shape index (κ3) is 4.81. The molecule has 0 fully saturated rings. The molecule has 303 valence electrons. The highest BCUT2D eigenvalue weighted by Crippen LogP contribution is 2.58. The lowest BCUT2D eigenvalue weighted by Gasteiger charge is -2.31. The van der Waals surface area contributed by atoms with Crippen LogP contribution in [0.3, 0.4) is 0 Å². The first kappa shape index (κ1) is 37.0. The molecular formula is C60H50BN2. The van der Waals surface area contributed by atoms with E-state index in [1.807, 2.05) is 0 Å². The van der Waals surface area contributed by atoms with Gasteiger partial charge in [-0.05, 0) is 139 Å². The summed E-state index contributed by atoms with van der Waals surface area (Å²) >= 11 is 0. The molecule has 11 aromatic rings. The van der Waals surface area contributed by atoms with E-state index in [0.717, 1.165) is 0 Å². The van der Waals surface area contributed by atoms with Crippen molar-refractivity contribution in [2.45, 2.75) is 78.6 Å². The monoisotopic (exact) mass is 809 g/mol. The number of hydrogen-bond acceptors (Lipinski definition) is 0. The highest BCUT2D eigenvalue weighted by molar-refractivity contribution is 6.63. The molecule has 3 aromatic heterocycles. The van der Waals surface area contributed by atoms with Gasteiger partial charge in [0.2, 0.25) is 0 Å². The molecule has 1 radical (unpaired) electrons. The fourth-order valence-corrected chi connectivity index (χ4v) is 11.9. The molecule has 0 saturated carbocycles. The maximum atomic E-state index is 2.69. The molecule has 0 atom stereocenters. The minimum absolute atomic E-state index is 0.0286. The zero-order chi connectivity index (χ0) is 43.1. The second-order valence-electron chi connectivity index (χ2n) is 21.3. The fourth-order valence-electron chi connectivity index (χ4n) is 11.9. The average Bonchev–Trinajstić information content (AvgIpc) is 3.96. The van der Waals surface area contributed by atoms with Crippen molar-refractivity contribution >= 4 is 72.8 Å². The Labute approximate surface area is 370 Å². The van der Waals surface area contributed by atoms with Gasteiger partial charge in [0.05, 0.1) is 16.6 Å². The predicted molar refractivity (Wildman–Crippen MR) is 271 cm³/mol. The van der Waals surface area contributed by atoms with Gasteiger partial charge in [-0.2, -0.15) is 0 Å². The van der Waals surface area contributed by atoms with Crippen molar-refractivity contribution in [1.29, 1.82) is 0 Å². The highest BCUT2D eigenvalue weighted by Gasteiger charge is 2.44. The molecule has 0 bridgehead atoms. The first-order chi connectivity index (χ1) is 30.2. The van der Waals surface area contributed by atoms with Crippen molar-refractivity contribution < 1.29 is 0 Å². The second-order valence-corrected chi connectivity index (χ2v) is 21.3. The van der Waals surface area contributed by atoms with E-state index in [1.165, 1.54) is 138 Å². The fraction of sp³-hybridized carbons (Fsp3) is 0.200. The Morgan fingerprint density at radius 2 is 1.06 bits per heavy atom. The lowest BCUT2D eigenvalue weighted by molar-refractivity contribution is 0.590. The van der Waals surface area contributed by atoms with Crippen molar-refractivity contribution in [3.8, 4) is 44.5 Å². The first-order valence-corrected chi connectivity index (χ1v) is 22.8. The van der Waals surface area contributed by atoms with Gasteiger partial charge in [0.25, 0.3) is 7.41 Å². The van der Waals surface area contributed by atoms with Gasteiger partial charge in [-0.1, -0.05) is 146 Å². The number of rotatable bonds is 2. The molecule has 2 nitrogen and oxygen atoms in total. The SMILES string of the molecule is Cc1cc(-c2ccccc2)cc2c3cc(-c4ccccc4)cc4c5c6c(c7c(c5n(c12)c34)[B]n1c2ccc(C(C)(C)C)cc2c2cc(C(C)(C)C)cc-7c21)C(C)(C)c1ccccc1-6. The molecule has 13 rings (SSSR count). The largest absolute Gasteiger partial charge is 0.384 e. The van der Waals surface area contributed by atoms with Crippen LogP contribution in [0.2, 0.25) is 0 Å². The maximum absolute atomic E-state index is 2.69. The van der Waals surface area contributed by atoms with Crippen LogP contribution in [0.4, 0.5) is 0 Å². The summed E-state index contributed by atoms with van der Waals surface area (Å²) in [6, 6.07) is 53.4. The van der Waals surface area contributed by atoms with Crippen LogP contribution in [0.1, 0.15) is 83.2 Å². The van der Waals surface area contributed by atoms with E-state index in [4.69, 9.17) is 0 Å². The van der Waals surface area contributed by atoms with Gasteiger partial charge in [0.15, 0.2) is 0 Å². The molecule has 0 N–H and O–H groups in total. The number of nitrogens with zero attached hydrogens (tertiary/aromatic N) is 2. The molecule has 0 saturated heterocycles. The van der Waals surface area contributed by atoms with E-state index >= 15 is 0 Å². The molecule has 63 heavy (non-hydrogen) atoms.